The zero-order valence-corrected chi connectivity index (χ0v) is 29.6. The molecule has 0 fully saturated rings. The Bertz CT molecular complexity index is 2770. The van der Waals surface area contributed by atoms with E-state index in [-0.39, 0.29) is 24.4 Å². The third-order valence-electron chi connectivity index (χ3n) is 12.8. The Balaban J connectivity index is 1.27. The summed E-state index contributed by atoms with van der Waals surface area (Å²) in [6.07, 6.45) is 0. The average molecular weight is 651 g/mol. The lowest BCUT2D eigenvalue weighted by atomic mass is 9.31. The van der Waals surface area contributed by atoms with E-state index in [1.807, 2.05) is 0 Å². The SMILES string of the molecule is CC(C)(C)c1cc2c3c(c1)-c1c(ccc4c1C(C)(C)c1cc5ccccc5cc1-4)B1c4ccccc4-c4ccc5c(c4N13)B2c1ccccc1O5. The Kier molecular flexibility index (Phi) is 5.02. The van der Waals surface area contributed by atoms with Gasteiger partial charge in [-0.15, -0.1) is 0 Å². The van der Waals surface area contributed by atoms with Gasteiger partial charge >= 0.3 is 6.85 Å². The van der Waals surface area contributed by atoms with Crippen LogP contribution in [0.5, 0.6) is 11.5 Å². The van der Waals surface area contributed by atoms with Crippen LogP contribution in [0.1, 0.15) is 51.3 Å². The first-order valence-electron chi connectivity index (χ1n) is 18.4. The maximum Gasteiger partial charge on any atom is 0.329 e. The van der Waals surface area contributed by atoms with E-state index in [4.69, 9.17) is 4.74 Å². The molecule has 4 heteroatoms. The largest absolute Gasteiger partial charge is 0.458 e. The molecule has 240 valence electrons. The summed E-state index contributed by atoms with van der Waals surface area (Å²) in [5.74, 6) is 1.94. The molecule has 0 saturated carbocycles. The fourth-order valence-electron chi connectivity index (χ4n) is 10.5. The van der Waals surface area contributed by atoms with Crippen LogP contribution in [0.25, 0.3) is 44.2 Å². The molecule has 4 heterocycles. The summed E-state index contributed by atoms with van der Waals surface area (Å²) in [6.45, 7) is 12.1. The molecule has 5 aliphatic rings. The minimum Gasteiger partial charge on any atom is -0.458 e. The number of rotatable bonds is 0. The van der Waals surface area contributed by atoms with Crippen molar-refractivity contribution in [1.82, 2.24) is 0 Å². The molecule has 0 unspecified atom stereocenters. The van der Waals surface area contributed by atoms with Crippen molar-refractivity contribution in [3.8, 4) is 44.9 Å². The molecule has 0 atom stereocenters. The van der Waals surface area contributed by atoms with Gasteiger partial charge < -0.3 is 9.55 Å². The maximum absolute atomic E-state index is 6.78. The number of fused-ring (bicyclic) bond motifs is 14. The van der Waals surface area contributed by atoms with Crippen molar-refractivity contribution >= 4 is 63.0 Å². The molecule has 2 nitrogen and oxygen atoms in total. The minimum atomic E-state index is -0.183. The number of ether oxygens (including phenoxy) is 1. The summed E-state index contributed by atoms with van der Waals surface area (Å²) in [7, 11) is 0. The van der Waals surface area contributed by atoms with Gasteiger partial charge in [0.15, 0.2) is 0 Å². The molecule has 0 amide bonds. The first kappa shape index (κ1) is 28.3. The van der Waals surface area contributed by atoms with E-state index in [9.17, 15) is 0 Å². The molecule has 0 spiro atoms. The van der Waals surface area contributed by atoms with Gasteiger partial charge in [0.05, 0.1) is 0 Å². The maximum atomic E-state index is 6.78. The molecule has 1 aliphatic carbocycles. The van der Waals surface area contributed by atoms with E-state index in [2.05, 4.69) is 161 Å². The smallest absolute Gasteiger partial charge is 0.329 e. The van der Waals surface area contributed by atoms with Crippen LogP contribution in [0.3, 0.4) is 0 Å². The lowest BCUT2D eigenvalue weighted by Gasteiger charge is -2.51. The second-order valence-electron chi connectivity index (χ2n) is 16.8. The van der Waals surface area contributed by atoms with Crippen molar-refractivity contribution in [2.75, 3.05) is 4.81 Å². The Morgan fingerprint density at radius 3 is 2.12 bits per heavy atom. The molecule has 0 radical (unpaired) electrons. The van der Waals surface area contributed by atoms with Gasteiger partial charge in [0.2, 0.25) is 0 Å². The summed E-state index contributed by atoms with van der Waals surface area (Å²) in [4.78, 5) is 2.72. The highest BCUT2D eigenvalue weighted by atomic mass is 16.5. The molecule has 7 aromatic carbocycles. The zero-order chi connectivity index (χ0) is 34.1. The van der Waals surface area contributed by atoms with Crippen LogP contribution in [0, 0.1) is 0 Å². The lowest BCUT2D eigenvalue weighted by molar-refractivity contribution is 0.487. The number of hydrogen-bond donors (Lipinski definition) is 0. The van der Waals surface area contributed by atoms with Gasteiger partial charge in [-0.2, -0.15) is 0 Å². The zero-order valence-electron chi connectivity index (χ0n) is 29.6. The molecular formula is C47H35B2NO. The second kappa shape index (κ2) is 9.06. The van der Waals surface area contributed by atoms with Gasteiger partial charge in [0, 0.05) is 27.9 Å². The van der Waals surface area contributed by atoms with E-state index in [1.165, 1.54) is 99.5 Å². The Hall–Kier alpha value is -5.47. The number of benzene rings is 7. The quantitative estimate of drug-likeness (QED) is 0.153. The third-order valence-corrected chi connectivity index (χ3v) is 12.8. The van der Waals surface area contributed by atoms with Crippen molar-refractivity contribution in [3.05, 3.63) is 138 Å². The van der Waals surface area contributed by atoms with Crippen molar-refractivity contribution in [3.63, 3.8) is 0 Å². The lowest BCUT2D eigenvalue weighted by Crippen LogP contribution is -2.68. The van der Waals surface area contributed by atoms with Crippen LogP contribution >= 0.6 is 0 Å². The molecular weight excluding hydrogens is 616 g/mol. The molecule has 4 aliphatic heterocycles. The first-order chi connectivity index (χ1) is 24.7. The van der Waals surface area contributed by atoms with Gasteiger partial charge in [-0.3, -0.25) is 0 Å². The van der Waals surface area contributed by atoms with Gasteiger partial charge in [0.1, 0.15) is 11.5 Å². The van der Waals surface area contributed by atoms with Crippen LogP contribution in [-0.4, -0.2) is 13.6 Å². The summed E-state index contributed by atoms with van der Waals surface area (Å²) >= 11 is 0. The fourth-order valence-corrected chi connectivity index (χ4v) is 10.5. The van der Waals surface area contributed by atoms with E-state index < -0.39 is 0 Å². The Labute approximate surface area is 299 Å². The fraction of sp³-hybridized carbons (Fsp3) is 0.149. The molecule has 51 heavy (non-hydrogen) atoms. The predicted molar refractivity (Wildman–Crippen MR) is 216 cm³/mol. The Morgan fingerprint density at radius 1 is 0.569 bits per heavy atom. The van der Waals surface area contributed by atoms with Crippen LogP contribution in [0.2, 0.25) is 0 Å². The number of para-hydroxylation sites is 1. The van der Waals surface area contributed by atoms with Crippen molar-refractivity contribution in [2.45, 2.75) is 45.4 Å². The highest BCUT2D eigenvalue weighted by Crippen LogP contribution is 2.57. The van der Waals surface area contributed by atoms with Crippen LogP contribution < -0.4 is 36.9 Å². The van der Waals surface area contributed by atoms with Crippen molar-refractivity contribution in [1.29, 1.82) is 0 Å². The predicted octanol–water partition coefficient (Wildman–Crippen LogP) is 8.28. The molecule has 0 saturated heterocycles. The summed E-state index contributed by atoms with van der Waals surface area (Å²) < 4.78 is 6.78. The van der Waals surface area contributed by atoms with Crippen molar-refractivity contribution in [2.24, 2.45) is 0 Å². The molecule has 0 N–H and O–H groups in total. The third kappa shape index (κ3) is 3.33. The van der Waals surface area contributed by atoms with Gasteiger partial charge in [-0.05, 0) is 119 Å². The van der Waals surface area contributed by atoms with E-state index >= 15 is 0 Å². The topological polar surface area (TPSA) is 12.5 Å². The van der Waals surface area contributed by atoms with Gasteiger partial charge in [0.25, 0.3) is 6.71 Å². The van der Waals surface area contributed by atoms with E-state index in [0.29, 0.717) is 0 Å². The molecule has 0 bridgehead atoms. The van der Waals surface area contributed by atoms with Crippen molar-refractivity contribution < 1.29 is 4.74 Å². The summed E-state index contributed by atoms with van der Waals surface area (Å²) in [6, 6.07) is 46.2. The minimum absolute atomic E-state index is 0.0408. The number of hydrogen-bond acceptors (Lipinski definition) is 2. The van der Waals surface area contributed by atoms with E-state index in [0.717, 1.165) is 11.5 Å². The summed E-state index contributed by atoms with van der Waals surface area (Å²) in [5, 5.41) is 2.61. The van der Waals surface area contributed by atoms with Crippen LogP contribution in [-0.2, 0) is 10.8 Å². The monoisotopic (exact) mass is 651 g/mol. The second-order valence-corrected chi connectivity index (χ2v) is 16.8. The summed E-state index contributed by atoms with van der Waals surface area (Å²) in [5.41, 5.74) is 21.6. The molecule has 0 aromatic heterocycles. The van der Waals surface area contributed by atoms with Gasteiger partial charge in [-0.1, -0.05) is 120 Å². The molecule has 7 aromatic rings. The van der Waals surface area contributed by atoms with Gasteiger partial charge in [-0.25, -0.2) is 0 Å². The Morgan fingerprint density at radius 2 is 1.29 bits per heavy atom. The van der Waals surface area contributed by atoms with E-state index in [1.54, 1.807) is 0 Å². The normalized spacial score (nSPS) is 15.7. The number of nitrogens with zero attached hydrogens (tertiary/aromatic N) is 1. The average Bonchev–Trinajstić information content (AvgIpc) is 3.36. The number of anilines is 2. The standard InChI is InChI=1S/C47H35B2NO/c1-46(2,3)28-24-33-41-37(20-18-30-32-22-26-12-6-7-13-27(26)23-34(32)47(4,5)42(30)41)49-35-15-9-8-14-29(35)31-19-21-40-43-45(31)50(49)44(33)38(25-28)48(43)36-16-10-11-17-39(36)51-40/h6-25H,1-5H3. The molecule has 12 rings (SSSR count). The van der Waals surface area contributed by atoms with Crippen LogP contribution in [0.4, 0.5) is 11.4 Å². The highest BCUT2D eigenvalue weighted by Gasteiger charge is 2.53. The highest BCUT2D eigenvalue weighted by molar-refractivity contribution is 7.02. The van der Waals surface area contributed by atoms with Crippen LogP contribution in [0.15, 0.2) is 121 Å². The first-order valence-corrected chi connectivity index (χ1v) is 18.4.